The molecule has 0 saturated heterocycles. The molecule has 2 aromatic carbocycles. The Bertz CT molecular complexity index is 873. The number of halogens is 6. The molecule has 0 atom stereocenters. The highest BCUT2D eigenvalue weighted by atomic mass is 19.4. The van der Waals surface area contributed by atoms with Crippen LogP contribution in [0.2, 0.25) is 0 Å². The number of nitrogens with zero attached hydrogens (tertiary/aromatic N) is 1. The van der Waals surface area contributed by atoms with Crippen molar-refractivity contribution in [1.82, 2.24) is 0 Å². The summed E-state index contributed by atoms with van der Waals surface area (Å²) in [5, 5.41) is 8.98. The SMILES string of the molecule is CC(C)c1c(C(F)(F)F)cc(C(F)(F)F)c(N)c1-c1cccc(C#N)c1. The normalized spacial score (nSPS) is 12.3. The van der Waals surface area contributed by atoms with Gasteiger partial charge in [0.2, 0.25) is 0 Å². The van der Waals surface area contributed by atoms with Gasteiger partial charge >= 0.3 is 12.4 Å². The van der Waals surface area contributed by atoms with Crippen LogP contribution in [0, 0.1) is 11.3 Å². The van der Waals surface area contributed by atoms with Crippen LogP contribution in [-0.4, -0.2) is 0 Å². The zero-order valence-electron chi connectivity index (χ0n) is 13.8. The Morgan fingerprint density at radius 1 is 0.962 bits per heavy atom. The summed E-state index contributed by atoms with van der Waals surface area (Å²) >= 11 is 0. The second-order valence-corrected chi connectivity index (χ2v) is 6.02. The number of nitrogen functional groups attached to an aromatic ring is 1. The van der Waals surface area contributed by atoms with E-state index in [9.17, 15) is 26.3 Å². The van der Waals surface area contributed by atoms with E-state index in [1.54, 1.807) is 0 Å². The fourth-order valence-corrected chi connectivity index (χ4v) is 2.84. The lowest BCUT2D eigenvalue weighted by Crippen LogP contribution is -2.18. The summed E-state index contributed by atoms with van der Waals surface area (Å²) < 4.78 is 80.3. The lowest BCUT2D eigenvalue weighted by molar-refractivity contribution is -0.143. The lowest BCUT2D eigenvalue weighted by Gasteiger charge is -2.25. The molecule has 0 saturated carbocycles. The van der Waals surface area contributed by atoms with Crippen LogP contribution in [0.15, 0.2) is 30.3 Å². The first-order chi connectivity index (χ1) is 11.9. The summed E-state index contributed by atoms with van der Waals surface area (Å²) in [6, 6.07) is 7.20. The second kappa shape index (κ2) is 6.56. The highest BCUT2D eigenvalue weighted by Gasteiger charge is 2.42. The van der Waals surface area contributed by atoms with Crippen molar-refractivity contribution in [3.8, 4) is 17.2 Å². The van der Waals surface area contributed by atoms with Crippen LogP contribution in [0.1, 0.15) is 42.0 Å². The number of hydrogen-bond donors (Lipinski definition) is 1. The van der Waals surface area contributed by atoms with Crippen LogP contribution in [0.5, 0.6) is 0 Å². The van der Waals surface area contributed by atoms with E-state index in [-0.39, 0.29) is 28.3 Å². The first kappa shape index (κ1) is 19.6. The number of benzene rings is 2. The number of hydrogen-bond acceptors (Lipinski definition) is 2. The molecular formula is C18H14F6N2. The van der Waals surface area contributed by atoms with E-state index in [4.69, 9.17) is 11.0 Å². The van der Waals surface area contributed by atoms with Crippen LogP contribution in [0.25, 0.3) is 11.1 Å². The van der Waals surface area contributed by atoms with E-state index >= 15 is 0 Å². The number of rotatable bonds is 2. The predicted octanol–water partition coefficient (Wildman–Crippen LogP) is 5.97. The fraction of sp³-hybridized carbons (Fsp3) is 0.278. The molecule has 2 N–H and O–H groups in total. The number of anilines is 1. The fourth-order valence-electron chi connectivity index (χ4n) is 2.84. The molecule has 0 aliphatic heterocycles. The van der Waals surface area contributed by atoms with Crippen LogP contribution < -0.4 is 5.73 Å². The molecule has 0 aliphatic rings. The Kier molecular flexibility index (Phi) is 4.95. The molecule has 0 aromatic heterocycles. The minimum Gasteiger partial charge on any atom is -0.398 e. The van der Waals surface area contributed by atoms with E-state index in [1.165, 1.54) is 38.1 Å². The van der Waals surface area contributed by atoms with Gasteiger partial charge in [-0.05, 0) is 35.2 Å². The molecule has 0 unspecified atom stereocenters. The third-order valence-corrected chi connectivity index (χ3v) is 3.88. The van der Waals surface area contributed by atoms with Gasteiger partial charge in [-0.15, -0.1) is 0 Å². The minimum absolute atomic E-state index is 0.0295. The molecule has 0 radical (unpaired) electrons. The number of alkyl halides is 6. The summed E-state index contributed by atoms with van der Waals surface area (Å²) in [5.41, 5.74) is 1.40. The number of nitrogens with two attached hydrogens (primary N) is 1. The maximum Gasteiger partial charge on any atom is 0.418 e. The average Bonchev–Trinajstić information content (AvgIpc) is 2.51. The Morgan fingerprint density at radius 2 is 1.54 bits per heavy atom. The van der Waals surface area contributed by atoms with Crippen molar-refractivity contribution < 1.29 is 26.3 Å². The van der Waals surface area contributed by atoms with E-state index in [1.807, 2.05) is 6.07 Å². The summed E-state index contributed by atoms with van der Waals surface area (Å²) in [7, 11) is 0. The molecular weight excluding hydrogens is 358 g/mol. The predicted molar refractivity (Wildman–Crippen MR) is 85.1 cm³/mol. The summed E-state index contributed by atoms with van der Waals surface area (Å²) in [4.78, 5) is 0. The molecule has 138 valence electrons. The average molecular weight is 372 g/mol. The van der Waals surface area contributed by atoms with E-state index < -0.39 is 35.1 Å². The van der Waals surface area contributed by atoms with Gasteiger partial charge in [0.05, 0.1) is 28.4 Å². The maximum absolute atomic E-state index is 13.5. The Labute approximate surface area is 145 Å². The van der Waals surface area contributed by atoms with Crippen molar-refractivity contribution >= 4 is 5.69 Å². The standard InChI is InChI=1S/C18H14F6N2/c1-9(2)14-12(17(19,20)21)7-13(18(22,23)24)16(26)15(14)11-5-3-4-10(6-11)8-25/h3-7,9H,26H2,1-2H3. The van der Waals surface area contributed by atoms with Crippen LogP contribution >= 0.6 is 0 Å². The lowest BCUT2D eigenvalue weighted by atomic mass is 9.84. The quantitative estimate of drug-likeness (QED) is 0.522. The van der Waals surface area contributed by atoms with Crippen LogP contribution in [0.3, 0.4) is 0 Å². The van der Waals surface area contributed by atoms with Gasteiger partial charge in [0, 0.05) is 5.56 Å². The van der Waals surface area contributed by atoms with Gasteiger partial charge in [-0.3, -0.25) is 0 Å². The Balaban J connectivity index is 3.03. The van der Waals surface area contributed by atoms with E-state index in [0.717, 1.165) is 0 Å². The molecule has 0 fully saturated rings. The van der Waals surface area contributed by atoms with Crippen LogP contribution in [0.4, 0.5) is 32.0 Å². The van der Waals surface area contributed by atoms with Gasteiger partial charge in [-0.25, -0.2) is 0 Å². The van der Waals surface area contributed by atoms with Gasteiger partial charge in [0.1, 0.15) is 0 Å². The third kappa shape index (κ3) is 3.62. The van der Waals surface area contributed by atoms with Gasteiger partial charge in [0.25, 0.3) is 0 Å². The Morgan fingerprint density at radius 3 is 2.00 bits per heavy atom. The van der Waals surface area contributed by atoms with Crippen molar-refractivity contribution in [3.05, 3.63) is 52.6 Å². The van der Waals surface area contributed by atoms with Crippen molar-refractivity contribution in [1.29, 1.82) is 5.26 Å². The van der Waals surface area contributed by atoms with Gasteiger partial charge < -0.3 is 5.73 Å². The summed E-state index contributed by atoms with van der Waals surface area (Å²) in [6.45, 7) is 2.88. The first-order valence-electron chi connectivity index (χ1n) is 7.49. The molecule has 0 aliphatic carbocycles. The largest absolute Gasteiger partial charge is 0.418 e. The zero-order valence-corrected chi connectivity index (χ0v) is 13.8. The topological polar surface area (TPSA) is 49.8 Å². The second-order valence-electron chi connectivity index (χ2n) is 6.02. The van der Waals surface area contributed by atoms with Crippen LogP contribution in [-0.2, 0) is 12.4 Å². The zero-order chi connectivity index (χ0) is 19.9. The molecule has 8 heteroatoms. The highest BCUT2D eigenvalue weighted by Crippen LogP contribution is 2.48. The third-order valence-electron chi connectivity index (χ3n) is 3.88. The molecule has 2 aromatic rings. The van der Waals surface area contributed by atoms with E-state index in [0.29, 0.717) is 0 Å². The monoisotopic (exact) mass is 372 g/mol. The maximum atomic E-state index is 13.5. The highest BCUT2D eigenvalue weighted by molar-refractivity contribution is 5.84. The summed E-state index contributed by atoms with van der Waals surface area (Å²) in [5.74, 6) is -0.753. The van der Waals surface area contributed by atoms with Crippen molar-refractivity contribution in [2.24, 2.45) is 0 Å². The van der Waals surface area contributed by atoms with Gasteiger partial charge in [-0.2, -0.15) is 31.6 Å². The van der Waals surface area contributed by atoms with E-state index in [2.05, 4.69) is 0 Å². The van der Waals surface area contributed by atoms with Crippen molar-refractivity contribution in [2.75, 3.05) is 5.73 Å². The van der Waals surface area contributed by atoms with Crippen molar-refractivity contribution in [3.63, 3.8) is 0 Å². The first-order valence-corrected chi connectivity index (χ1v) is 7.49. The van der Waals surface area contributed by atoms with Gasteiger partial charge in [0.15, 0.2) is 0 Å². The molecule has 0 spiro atoms. The van der Waals surface area contributed by atoms with Crippen molar-refractivity contribution in [2.45, 2.75) is 32.1 Å². The number of nitriles is 1. The molecule has 26 heavy (non-hydrogen) atoms. The molecule has 2 nitrogen and oxygen atoms in total. The Hall–Kier alpha value is -2.69. The summed E-state index contributed by atoms with van der Waals surface area (Å²) in [6.07, 6.45) is -10.0. The molecule has 0 heterocycles. The minimum atomic E-state index is -5.05. The molecule has 0 amide bonds. The molecule has 2 rings (SSSR count). The molecule has 0 bridgehead atoms. The smallest absolute Gasteiger partial charge is 0.398 e. The van der Waals surface area contributed by atoms with Gasteiger partial charge in [-0.1, -0.05) is 26.0 Å².